The number of hydrogen-bond donors (Lipinski definition) is 0. The lowest BCUT2D eigenvalue weighted by Crippen LogP contribution is -2.63. The molecule has 0 aromatic rings. The Morgan fingerprint density at radius 3 is 1.33 bits per heavy atom. The lowest BCUT2D eigenvalue weighted by atomic mass is 9.47. The van der Waals surface area contributed by atoms with Gasteiger partial charge in [0.05, 0.1) is 39.6 Å². The number of carbonyl (C=O) groups is 8. The van der Waals surface area contributed by atoms with E-state index in [2.05, 4.69) is 46.3 Å². The predicted molar refractivity (Wildman–Crippen MR) is 431 cm³/mol. The van der Waals surface area contributed by atoms with Crippen LogP contribution in [0.1, 0.15) is 367 Å². The standard InChI is InChI=1S/C21H30O8.C19H32O2.C14H20O4.C14H26O2.C10H20O2.10CH4/c1-4-19(2,3)16(22)28-20-6-13-5-14(7-20)9-21(8-13,12-20)29-18(24)26-11-15-10-25-17(23)27-15;1-6-18(4,5)17(20)21-19(12(2)3)15-8-13-7-14(10-15)11-16(19)9-13;1-4-14(2,3)13(16)18-10-7-5-8-9(6-7)12(15)17-11(8)10;1-6-13(4,5)12(15)16-14(11(2)3)9-7-8-10-14;1-5-7-8-12-9(11)10(3,4)6-2;;;;;;;;;;/h13-15H,4-12H2,1-3H3;12-16H,6-11H2,1-5H3;7-11H,4-6H2,1-3H3;11H,6-10H2,1-5H3;5-8H2,1-4H3;10*1H4. The summed E-state index contributed by atoms with van der Waals surface area (Å²) in [6.07, 6.45) is 21.2. The fourth-order valence-corrected chi connectivity index (χ4v) is 17.6. The first-order valence-electron chi connectivity index (χ1n) is 37.7. The highest BCUT2D eigenvalue weighted by atomic mass is 16.8. The van der Waals surface area contributed by atoms with E-state index >= 15 is 0 Å². The fourth-order valence-electron chi connectivity index (χ4n) is 17.6. The maximum atomic E-state index is 12.8. The minimum absolute atomic E-state index is 0. The van der Waals surface area contributed by atoms with Gasteiger partial charge in [-0.15, -0.1) is 0 Å². The lowest BCUT2D eigenvalue weighted by molar-refractivity contribution is -0.231. The van der Waals surface area contributed by atoms with Crippen molar-refractivity contribution in [1.29, 1.82) is 0 Å². The zero-order valence-corrected chi connectivity index (χ0v) is 63.0. The smallest absolute Gasteiger partial charge is 0.465 e. The monoisotopic (exact) mass is 1510 g/mol. The Morgan fingerprint density at radius 1 is 0.481 bits per heavy atom. The third-order valence-corrected chi connectivity index (χ3v) is 25.6. The maximum absolute atomic E-state index is 12.8. The minimum atomic E-state index is -0.773. The summed E-state index contributed by atoms with van der Waals surface area (Å²) in [5.41, 5.74) is -3.54. The number of cyclic esters (lactones) is 2. The van der Waals surface area contributed by atoms with Crippen molar-refractivity contribution in [3.05, 3.63) is 0 Å². The van der Waals surface area contributed by atoms with E-state index < -0.39 is 40.4 Å². The molecular formula is C88H168O18. The molecule has 2 saturated heterocycles. The Morgan fingerprint density at radius 2 is 0.906 bits per heavy atom. The van der Waals surface area contributed by atoms with Crippen molar-refractivity contribution in [3.8, 4) is 0 Å². The number of hydrogen-bond acceptors (Lipinski definition) is 18. The Balaban J connectivity index is -0.000000616. The van der Waals surface area contributed by atoms with Crippen molar-refractivity contribution in [1.82, 2.24) is 0 Å². The molecule has 13 rings (SSSR count). The molecule has 0 spiro atoms. The molecule has 13 aliphatic rings. The Kier molecular flexibility index (Phi) is 43.4. The van der Waals surface area contributed by atoms with Crippen LogP contribution in [0.5, 0.6) is 0 Å². The molecule has 0 radical (unpaired) electrons. The Hall–Kier alpha value is -4.64. The third-order valence-electron chi connectivity index (χ3n) is 25.6. The molecule has 11 saturated carbocycles. The lowest BCUT2D eigenvalue weighted by Gasteiger charge is -2.62. The van der Waals surface area contributed by atoms with Gasteiger partial charge in [0, 0.05) is 18.3 Å². The molecule has 0 aromatic carbocycles. The number of rotatable bonds is 22. The molecule has 11 aliphatic carbocycles. The van der Waals surface area contributed by atoms with E-state index in [9.17, 15) is 38.4 Å². The summed E-state index contributed by atoms with van der Waals surface area (Å²) in [4.78, 5) is 96.1. The molecule has 8 atom stereocenters. The zero-order chi connectivity index (χ0) is 71.4. The van der Waals surface area contributed by atoms with Crippen molar-refractivity contribution in [2.24, 2.45) is 92.2 Å². The van der Waals surface area contributed by atoms with Gasteiger partial charge in [0.15, 0.2) is 6.10 Å². The summed E-state index contributed by atoms with van der Waals surface area (Å²) in [6.45, 7) is 41.0. The van der Waals surface area contributed by atoms with Crippen LogP contribution in [0.2, 0.25) is 0 Å². The Labute approximate surface area is 650 Å². The molecular weight excluding hydrogens is 1340 g/mol. The van der Waals surface area contributed by atoms with Crippen LogP contribution in [0.4, 0.5) is 9.59 Å². The summed E-state index contributed by atoms with van der Waals surface area (Å²) in [6, 6.07) is 0. The molecule has 13 fully saturated rings. The van der Waals surface area contributed by atoms with E-state index in [0.29, 0.717) is 66.8 Å². The summed E-state index contributed by atoms with van der Waals surface area (Å²) < 4.78 is 55.1. The number of unbranched alkanes of at least 4 members (excludes halogenated alkanes) is 1. The molecule has 2 aliphatic heterocycles. The van der Waals surface area contributed by atoms with Gasteiger partial charge in [0.2, 0.25) is 0 Å². The van der Waals surface area contributed by atoms with Gasteiger partial charge in [-0.2, -0.15) is 0 Å². The van der Waals surface area contributed by atoms with Crippen LogP contribution in [0.3, 0.4) is 0 Å². The van der Waals surface area contributed by atoms with E-state index in [1.807, 2.05) is 96.9 Å². The van der Waals surface area contributed by atoms with Gasteiger partial charge >= 0.3 is 48.1 Å². The first kappa shape index (κ1) is 108. The van der Waals surface area contributed by atoms with Crippen LogP contribution in [0.15, 0.2) is 0 Å². The first-order chi connectivity index (χ1) is 44.7. The molecule has 0 N–H and O–H groups in total. The van der Waals surface area contributed by atoms with Crippen molar-refractivity contribution < 1.29 is 85.7 Å². The highest BCUT2D eigenvalue weighted by Gasteiger charge is 2.65. The maximum Gasteiger partial charge on any atom is 0.508 e. The normalized spacial score (nSPS) is 29.8. The Bertz CT molecular complexity index is 2670. The molecule has 628 valence electrons. The molecule has 18 heteroatoms. The average molecular weight is 1510 g/mol. The highest BCUT2D eigenvalue weighted by molar-refractivity contribution is 5.79. The summed E-state index contributed by atoms with van der Waals surface area (Å²) in [5, 5.41) is 0. The van der Waals surface area contributed by atoms with Crippen LogP contribution in [0, 0.1) is 92.2 Å². The van der Waals surface area contributed by atoms with Crippen molar-refractivity contribution in [2.45, 2.75) is 408 Å². The van der Waals surface area contributed by atoms with E-state index in [4.69, 9.17) is 42.6 Å². The number of ether oxygens (including phenoxy) is 10. The largest absolute Gasteiger partial charge is 0.508 e. The fraction of sp³-hybridized carbons (Fsp3) is 0.909. The molecule has 18 nitrogen and oxygen atoms in total. The van der Waals surface area contributed by atoms with Crippen LogP contribution < -0.4 is 0 Å². The predicted octanol–water partition coefficient (Wildman–Crippen LogP) is 23.5. The molecule has 0 amide bonds. The van der Waals surface area contributed by atoms with Crippen LogP contribution in [0.25, 0.3) is 0 Å². The average Bonchev–Trinajstić information content (AvgIpc) is 0.956. The van der Waals surface area contributed by atoms with Crippen molar-refractivity contribution in [2.75, 3.05) is 19.8 Å². The number of fused-ring (bicyclic) bond motifs is 1. The summed E-state index contributed by atoms with van der Waals surface area (Å²) in [7, 11) is 0. The zero-order valence-electron chi connectivity index (χ0n) is 63.0. The van der Waals surface area contributed by atoms with Gasteiger partial charge in [0.1, 0.15) is 47.8 Å². The van der Waals surface area contributed by atoms with E-state index in [1.165, 1.54) is 44.9 Å². The third kappa shape index (κ3) is 24.4. The van der Waals surface area contributed by atoms with Gasteiger partial charge in [-0.25, -0.2) is 9.59 Å². The first-order valence-corrected chi connectivity index (χ1v) is 37.7. The van der Waals surface area contributed by atoms with E-state index in [-0.39, 0.29) is 169 Å². The van der Waals surface area contributed by atoms with Gasteiger partial charge in [-0.3, -0.25) is 28.8 Å². The van der Waals surface area contributed by atoms with Crippen LogP contribution in [-0.2, 0) is 76.1 Å². The van der Waals surface area contributed by atoms with E-state index in [1.54, 1.807) is 0 Å². The van der Waals surface area contributed by atoms with Crippen LogP contribution >= 0.6 is 0 Å². The van der Waals surface area contributed by atoms with Gasteiger partial charge in [0.25, 0.3) is 0 Å². The summed E-state index contributed by atoms with van der Waals surface area (Å²) in [5.74, 6) is 4.89. The molecule has 106 heavy (non-hydrogen) atoms. The SMILES string of the molecule is C.C.C.C.C.C.C.C.C.C.CCC(C)(C)C(=O)OC1(C(C)C)C2CC3CC(C2)CC1C3.CCC(C)(C)C(=O)OC1(C(C)C)CCCC1.CCC(C)(C)C(=O)OC12CC3CC(CC(OC(=O)OCC4COC(=O)O4)(C3)C1)C2.CCC(C)(C)C(=O)OC1C2CC3C(=O)OC1C3C2.CCCCOC(=O)C(C)(C)CC. The molecule has 0 aromatic heterocycles. The summed E-state index contributed by atoms with van der Waals surface area (Å²) >= 11 is 0. The second-order valence-electron chi connectivity index (χ2n) is 35.1. The van der Waals surface area contributed by atoms with Gasteiger partial charge in [-0.05, 0) is 258 Å². The number of carbonyl (C=O) groups excluding carboxylic acids is 8. The second-order valence-corrected chi connectivity index (χ2v) is 35.1. The van der Waals surface area contributed by atoms with Gasteiger partial charge < -0.3 is 47.4 Å². The van der Waals surface area contributed by atoms with E-state index in [0.717, 1.165) is 108 Å². The quantitative estimate of drug-likeness (QED) is 0.0557. The van der Waals surface area contributed by atoms with Crippen LogP contribution in [-0.4, -0.2) is 109 Å². The highest BCUT2D eigenvalue weighted by Crippen LogP contribution is 2.63. The topological polar surface area (TPSA) is 229 Å². The minimum Gasteiger partial charge on any atom is -0.465 e. The van der Waals surface area contributed by atoms with Gasteiger partial charge in [-0.1, -0.05) is 150 Å². The van der Waals surface area contributed by atoms with Crippen molar-refractivity contribution in [3.63, 3.8) is 0 Å². The molecule has 2 heterocycles. The number of esters is 6. The van der Waals surface area contributed by atoms with Crippen molar-refractivity contribution >= 4 is 48.1 Å². The second kappa shape index (κ2) is 42.7. The molecule has 10 bridgehead atoms. The molecule has 8 unspecified atom stereocenters.